The number of carbonyl (C=O) groups excluding carboxylic acids is 1. The third-order valence-corrected chi connectivity index (χ3v) is 4.39. The van der Waals surface area contributed by atoms with E-state index in [1.54, 1.807) is 4.90 Å². The van der Waals surface area contributed by atoms with Crippen LogP contribution in [0.2, 0.25) is 0 Å². The van der Waals surface area contributed by atoms with Crippen LogP contribution in [0.1, 0.15) is 24.0 Å². The van der Waals surface area contributed by atoms with E-state index in [-0.39, 0.29) is 5.91 Å². The standard InChI is InChI=1S/C17H20N2O3/c1-11-4-5-14-13(9-18-15(14)7-11)8-16(20)19-6-2-3-12(10-19)17(21)22/h4-5,7,9,12,18H,2-3,6,8,10H2,1H3,(H,21,22)/t12-/m1/s1. The van der Waals surface area contributed by atoms with Gasteiger partial charge in [-0.3, -0.25) is 9.59 Å². The Morgan fingerprint density at radius 2 is 2.23 bits per heavy atom. The van der Waals surface area contributed by atoms with E-state index in [1.807, 2.05) is 25.3 Å². The summed E-state index contributed by atoms with van der Waals surface area (Å²) in [5.74, 6) is -1.23. The summed E-state index contributed by atoms with van der Waals surface area (Å²) in [6.07, 6.45) is 3.61. The Kier molecular flexibility index (Phi) is 3.88. The normalized spacial score (nSPS) is 18.6. The van der Waals surface area contributed by atoms with E-state index < -0.39 is 11.9 Å². The lowest BCUT2D eigenvalue weighted by molar-refractivity contribution is -0.145. The number of nitrogens with zero attached hydrogens (tertiary/aromatic N) is 1. The molecule has 0 radical (unpaired) electrons. The highest BCUT2D eigenvalue weighted by Gasteiger charge is 2.28. The van der Waals surface area contributed by atoms with Crippen molar-refractivity contribution in [3.63, 3.8) is 0 Å². The van der Waals surface area contributed by atoms with E-state index in [4.69, 9.17) is 5.11 Å². The topological polar surface area (TPSA) is 73.4 Å². The molecule has 1 aliphatic rings. The highest BCUT2D eigenvalue weighted by Crippen LogP contribution is 2.22. The molecule has 0 unspecified atom stereocenters. The van der Waals surface area contributed by atoms with E-state index >= 15 is 0 Å². The first-order chi connectivity index (χ1) is 10.5. The monoisotopic (exact) mass is 300 g/mol. The van der Waals surface area contributed by atoms with Crippen molar-refractivity contribution >= 4 is 22.8 Å². The number of hydrogen-bond donors (Lipinski definition) is 2. The van der Waals surface area contributed by atoms with Crippen LogP contribution in [-0.2, 0) is 16.0 Å². The number of amides is 1. The largest absolute Gasteiger partial charge is 0.481 e. The van der Waals surface area contributed by atoms with Crippen LogP contribution < -0.4 is 0 Å². The van der Waals surface area contributed by atoms with E-state index in [0.717, 1.165) is 22.9 Å². The van der Waals surface area contributed by atoms with Crippen LogP contribution in [0.3, 0.4) is 0 Å². The summed E-state index contributed by atoms with van der Waals surface area (Å²) in [6.45, 7) is 3.02. The number of piperidine rings is 1. The van der Waals surface area contributed by atoms with Crippen LogP contribution >= 0.6 is 0 Å². The number of carboxylic acids is 1. The molecule has 1 aromatic heterocycles. The lowest BCUT2D eigenvalue weighted by Gasteiger charge is -2.30. The number of nitrogens with one attached hydrogen (secondary N) is 1. The van der Waals surface area contributed by atoms with Crippen LogP contribution in [0.25, 0.3) is 10.9 Å². The molecule has 5 nitrogen and oxygen atoms in total. The van der Waals surface area contributed by atoms with E-state index in [9.17, 15) is 9.59 Å². The van der Waals surface area contributed by atoms with Crippen molar-refractivity contribution in [2.45, 2.75) is 26.2 Å². The molecule has 5 heteroatoms. The number of aliphatic carboxylic acids is 1. The maximum absolute atomic E-state index is 12.5. The summed E-state index contributed by atoms with van der Waals surface area (Å²) in [5.41, 5.74) is 3.18. The molecule has 0 saturated carbocycles. The molecule has 1 amide bonds. The van der Waals surface area contributed by atoms with Gasteiger partial charge in [-0.25, -0.2) is 0 Å². The Balaban J connectivity index is 1.74. The Morgan fingerprint density at radius 3 is 3.00 bits per heavy atom. The smallest absolute Gasteiger partial charge is 0.308 e. The van der Waals surface area contributed by atoms with E-state index in [1.165, 1.54) is 5.56 Å². The van der Waals surface area contributed by atoms with E-state index in [2.05, 4.69) is 11.1 Å². The van der Waals surface area contributed by atoms with Gasteiger partial charge in [-0.15, -0.1) is 0 Å². The molecule has 0 spiro atoms. The highest BCUT2D eigenvalue weighted by atomic mass is 16.4. The Morgan fingerprint density at radius 1 is 1.41 bits per heavy atom. The minimum Gasteiger partial charge on any atom is -0.481 e. The molecule has 1 atom stereocenters. The van der Waals surface area contributed by atoms with Crippen molar-refractivity contribution < 1.29 is 14.7 Å². The van der Waals surface area contributed by atoms with E-state index in [0.29, 0.717) is 25.9 Å². The number of likely N-dealkylation sites (tertiary alicyclic amines) is 1. The van der Waals surface area contributed by atoms with Gasteiger partial charge >= 0.3 is 5.97 Å². The number of hydrogen-bond acceptors (Lipinski definition) is 2. The summed E-state index contributed by atoms with van der Waals surface area (Å²) in [5, 5.41) is 10.2. The van der Waals surface area contributed by atoms with Crippen molar-refractivity contribution in [1.29, 1.82) is 0 Å². The molecule has 1 aliphatic heterocycles. The molecule has 116 valence electrons. The van der Waals surface area contributed by atoms with Gasteiger partial charge in [0, 0.05) is 30.2 Å². The minimum atomic E-state index is -0.805. The number of aromatic nitrogens is 1. The molecule has 22 heavy (non-hydrogen) atoms. The number of fused-ring (bicyclic) bond motifs is 1. The van der Waals surface area contributed by atoms with Crippen LogP contribution in [0.5, 0.6) is 0 Å². The van der Waals surface area contributed by atoms with Gasteiger partial charge in [-0.05, 0) is 37.0 Å². The molecular formula is C17H20N2O3. The SMILES string of the molecule is Cc1ccc2c(CC(=O)N3CCC[C@@H](C(=O)O)C3)c[nH]c2c1. The number of aryl methyl sites for hydroxylation is 1. The molecule has 1 aromatic carbocycles. The highest BCUT2D eigenvalue weighted by molar-refractivity contribution is 5.89. The van der Waals surface area contributed by atoms with Gasteiger partial charge in [-0.1, -0.05) is 12.1 Å². The van der Waals surface area contributed by atoms with Gasteiger partial charge in [-0.2, -0.15) is 0 Å². The summed E-state index contributed by atoms with van der Waals surface area (Å²) in [7, 11) is 0. The maximum Gasteiger partial charge on any atom is 0.308 e. The number of carbonyl (C=O) groups is 2. The fraction of sp³-hybridized carbons (Fsp3) is 0.412. The zero-order valence-electron chi connectivity index (χ0n) is 12.6. The van der Waals surface area contributed by atoms with Gasteiger partial charge in [0.25, 0.3) is 0 Å². The van der Waals surface area contributed by atoms with Crippen molar-refractivity contribution in [1.82, 2.24) is 9.88 Å². The maximum atomic E-state index is 12.5. The second-order valence-electron chi connectivity index (χ2n) is 6.06. The molecule has 2 aromatic rings. The van der Waals surface area contributed by atoms with Crippen LogP contribution in [0.15, 0.2) is 24.4 Å². The molecule has 2 N–H and O–H groups in total. The van der Waals surface area contributed by atoms with Gasteiger partial charge < -0.3 is 15.0 Å². The third-order valence-electron chi connectivity index (χ3n) is 4.39. The first kappa shape index (κ1) is 14.6. The molecule has 0 bridgehead atoms. The average molecular weight is 300 g/mol. The Labute approximate surface area is 128 Å². The van der Waals surface area contributed by atoms with Crippen molar-refractivity contribution in [3.05, 3.63) is 35.5 Å². The number of carboxylic acid groups (broad SMARTS) is 1. The van der Waals surface area contributed by atoms with Crippen LogP contribution in [0.4, 0.5) is 0 Å². The van der Waals surface area contributed by atoms with Crippen LogP contribution in [0, 0.1) is 12.8 Å². The van der Waals surface area contributed by atoms with Crippen molar-refractivity contribution in [2.75, 3.05) is 13.1 Å². The predicted molar refractivity (Wildman–Crippen MR) is 83.7 cm³/mol. The number of aromatic amines is 1. The van der Waals surface area contributed by atoms with Gasteiger partial charge in [0.05, 0.1) is 12.3 Å². The Hall–Kier alpha value is -2.30. The summed E-state index contributed by atoms with van der Waals surface area (Å²) in [4.78, 5) is 28.5. The van der Waals surface area contributed by atoms with Crippen molar-refractivity contribution in [2.24, 2.45) is 5.92 Å². The molecule has 2 heterocycles. The average Bonchev–Trinajstić information content (AvgIpc) is 2.89. The second kappa shape index (κ2) is 5.83. The molecular weight excluding hydrogens is 280 g/mol. The first-order valence-electron chi connectivity index (χ1n) is 7.62. The lowest BCUT2D eigenvalue weighted by Crippen LogP contribution is -2.42. The molecule has 0 aliphatic carbocycles. The van der Waals surface area contributed by atoms with Gasteiger partial charge in [0.15, 0.2) is 0 Å². The van der Waals surface area contributed by atoms with Crippen molar-refractivity contribution in [3.8, 4) is 0 Å². The van der Waals surface area contributed by atoms with Gasteiger partial charge in [0.2, 0.25) is 5.91 Å². The lowest BCUT2D eigenvalue weighted by atomic mass is 9.97. The van der Waals surface area contributed by atoms with Crippen LogP contribution in [-0.4, -0.2) is 40.0 Å². The zero-order chi connectivity index (χ0) is 15.7. The Bertz CT molecular complexity index is 720. The quantitative estimate of drug-likeness (QED) is 0.913. The fourth-order valence-electron chi connectivity index (χ4n) is 3.13. The molecule has 1 fully saturated rings. The second-order valence-corrected chi connectivity index (χ2v) is 6.06. The summed E-state index contributed by atoms with van der Waals surface area (Å²) in [6, 6.07) is 6.12. The zero-order valence-corrected chi connectivity index (χ0v) is 12.6. The molecule has 1 saturated heterocycles. The third kappa shape index (κ3) is 2.84. The fourth-order valence-corrected chi connectivity index (χ4v) is 3.13. The number of H-pyrrole nitrogens is 1. The first-order valence-corrected chi connectivity index (χ1v) is 7.62. The minimum absolute atomic E-state index is 0.00688. The number of benzene rings is 1. The predicted octanol–water partition coefficient (Wildman–Crippen LogP) is 2.34. The molecule has 3 rings (SSSR count). The summed E-state index contributed by atoms with van der Waals surface area (Å²) >= 11 is 0. The summed E-state index contributed by atoms with van der Waals surface area (Å²) < 4.78 is 0. The number of rotatable bonds is 3. The van der Waals surface area contributed by atoms with Gasteiger partial charge in [0.1, 0.15) is 0 Å².